The molecule has 1 spiro atoms. The summed E-state index contributed by atoms with van der Waals surface area (Å²) in [6, 6.07) is 0. The number of hydrogen-bond donors (Lipinski definition) is 0. The summed E-state index contributed by atoms with van der Waals surface area (Å²) in [6.45, 7) is 10.7. The van der Waals surface area contributed by atoms with E-state index in [1.807, 2.05) is 0 Å². The van der Waals surface area contributed by atoms with E-state index in [-0.39, 0.29) is 0 Å². The topological polar surface area (TPSA) is 0 Å². The van der Waals surface area contributed by atoms with Crippen molar-refractivity contribution in [2.45, 2.75) is 62.9 Å². The van der Waals surface area contributed by atoms with Gasteiger partial charge in [-0.25, -0.2) is 0 Å². The molecular formula is C16H22Zr. The van der Waals surface area contributed by atoms with Crippen molar-refractivity contribution in [3.8, 4) is 0 Å². The van der Waals surface area contributed by atoms with Crippen LogP contribution in [-0.2, 0) is 11.4 Å². The molecule has 0 N–H and O–H groups in total. The Morgan fingerprint density at radius 3 is 1.12 bits per heavy atom. The quantitative estimate of drug-likeness (QED) is 0.638. The Morgan fingerprint density at radius 1 is 0.647 bits per heavy atom. The summed E-state index contributed by atoms with van der Waals surface area (Å²) >= 11 is -3.44. The molecule has 10 fully saturated rings. The molecule has 4 atom stereocenters. The van der Waals surface area contributed by atoms with E-state index in [2.05, 4.69) is 27.7 Å². The summed E-state index contributed by atoms with van der Waals surface area (Å²) in [4.78, 5) is 0. The third-order valence-electron chi connectivity index (χ3n) is 22.6. The van der Waals surface area contributed by atoms with Crippen LogP contribution in [0.3, 0.4) is 0 Å². The zero-order valence-electron chi connectivity index (χ0n) is 11.3. The van der Waals surface area contributed by atoms with Crippen LogP contribution in [0.2, 0.25) is 35.3 Å². The first-order valence-electron chi connectivity index (χ1n) is 8.86. The number of fused-ring (bicyclic) bond motifs is 10. The van der Waals surface area contributed by atoms with Crippen molar-refractivity contribution in [3.63, 3.8) is 0 Å². The molecule has 0 nitrogen and oxygen atoms in total. The Balaban J connectivity index is 1.75. The van der Waals surface area contributed by atoms with Gasteiger partial charge in [-0.05, 0) is 0 Å². The molecular weight excluding hydrogens is 283 g/mol. The first-order chi connectivity index (χ1) is 7.82. The normalized spacial score (nSPS) is 124. The van der Waals surface area contributed by atoms with Gasteiger partial charge in [0.25, 0.3) is 0 Å². The zero-order valence-corrected chi connectivity index (χ0v) is 13.7. The van der Waals surface area contributed by atoms with Gasteiger partial charge in [-0.3, -0.25) is 0 Å². The van der Waals surface area contributed by atoms with Crippen LogP contribution in [0, 0.1) is 11.8 Å². The summed E-state index contributed by atoms with van der Waals surface area (Å²) in [7, 11) is 0. The molecule has 1 heteroatoms. The van der Waals surface area contributed by atoms with Gasteiger partial charge in [0.1, 0.15) is 0 Å². The van der Waals surface area contributed by atoms with E-state index >= 15 is 0 Å². The van der Waals surface area contributed by atoms with Crippen LogP contribution < -0.4 is 0 Å². The van der Waals surface area contributed by atoms with Crippen molar-refractivity contribution in [2.75, 3.05) is 0 Å². The minimum atomic E-state index is -3.44. The predicted molar refractivity (Wildman–Crippen MR) is 65.1 cm³/mol. The Labute approximate surface area is 85.7 Å². The summed E-state index contributed by atoms with van der Waals surface area (Å²) in [5, 5.41) is 0. The molecule has 10 saturated heterocycles. The van der Waals surface area contributed by atoms with Gasteiger partial charge in [0.15, 0.2) is 0 Å². The SMILES string of the molecule is CC(C)[C]12[CH]3[CH]4[CH]5[C]1(C(C)C)[Zr]43521678[CH]2[CH]1[CH]6[CH]7[CH]28. The van der Waals surface area contributed by atoms with Crippen LogP contribution in [-0.4, -0.2) is 0 Å². The fourth-order valence-electron chi connectivity index (χ4n) is 29.1. The van der Waals surface area contributed by atoms with Crippen LogP contribution in [0.25, 0.3) is 0 Å². The average molecular weight is 306 g/mol. The monoisotopic (exact) mass is 304 g/mol. The fraction of sp³-hybridized carbons (Fsp3) is 1.00. The summed E-state index contributed by atoms with van der Waals surface area (Å²) in [6.07, 6.45) is 0. The molecule has 0 aromatic rings. The number of rotatable bonds is 2. The maximum atomic E-state index is 2.67. The third-order valence-corrected chi connectivity index (χ3v) is 121. The second kappa shape index (κ2) is 0.551. The Bertz CT molecular complexity index is 899. The molecule has 0 amide bonds. The van der Waals surface area contributed by atoms with Crippen molar-refractivity contribution < 1.29 is 11.4 Å². The van der Waals surface area contributed by atoms with Gasteiger partial charge in [-0.2, -0.15) is 0 Å². The molecule has 0 radical (unpaired) electrons. The molecule has 4 unspecified atom stereocenters. The Hall–Kier alpha value is 0.883. The van der Waals surface area contributed by atoms with Gasteiger partial charge in [0.05, 0.1) is 0 Å². The van der Waals surface area contributed by atoms with Gasteiger partial charge in [-0.15, -0.1) is 0 Å². The molecule has 0 aromatic carbocycles. The van der Waals surface area contributed by atoms with Crippen LogP contribution in [0.4, 0.5) is 0 Å². The van der Waals surface area contributed by atoms with Crippen molar-refractivity contribution in [1.82, 2.24) is 0 Å². The van der Waals surface area contributed by atoms with E-state index in [4.69, 9.17) is 0 Å². The van der Waals surface area contributed by atoms with Gasteiger partial charge in [0.2, 0.25) is 0 Å². The number of hydrogen-bond acceptors (Lipinski definition) is 0. The van der Waals surface area contributed by atoms with Crippen LogP contribution in [0.5, 0.6) is 0 Å². The predicted octanol–water partition coefficient (Wildman–Crippen LogP) is 5.43. The molecule has 10 rings (SSSR count). The molecule has 90 valence electrons. The first kappa shape index (κ1) is 7.05. The molecule has 0 aliphatic carbocycles. The van der Waals surface area contributed by atoms with Crippen molar-refractivity contribution in [3.05, 3.63) is 0 Å². The van der Waals surface area contributed by atoms with Crippen molar-refractivity contribution >= 4 is 0 Å². The van der Waals surface area contributed by atoms with E-state index < -0.39 is 11.4 Å². The van der Waals surface area contributed by atoms with Crippen LogP contribution in [0.1, 0.15) is 27.7 Å². The second-order valence-corrected chi connectivity index (χ2v) is 67.1. The van der Waals surface area contributed by atoms with Gasteiger partial charge in [0, 0.05) is 0 Å². The second-order valence-electron chi connectivity index (χ2n) is 15.3. The molecule has 10 aliphatic heterocycles. The van der Waals surface area contributed by atoms with E-state index in [1.54, 1.807) is 0 Å². The first-order valence-corrected chi connectivity index (χ1v) is 22.7. The summed E-state index contributed by atoms with van der Waals surface area (Å²) in [5.41, 5.74) is 0. The molecule has 0 saturated carbocycles. The van der Waals surface area contributed by atoms with Gasteiger partial charge < -0.3 is 0 Å². The molecule has 10 aliphatic rings. The van der Waals surface area contributed by atoms with Crippen LogP contribution in [0.15, 0.2) is 0 Å². The average Bonchev–Trinajstić information content (AvgIpc) is 3.22. The standard InChI is InChI=1S/C11H17.C5H5.Zr/c1-8(2)10-6-5-7-11(10)9(3)4;1-2-4-5-3-1;/h5-9H,1-4H3;1-5H;. The molecule has 10 heterocycles. The fourth-order valence-corrected chi connectivity index (χ4v) is 266. The minimum absolute atomic E-state index is 1.11. The van der Waals surface area contributed by atoms with Gasteiger partial charge in [-0.1, -0.05) is 0 Å². The zero-order chi connectivity index (χ0) is 11.1. The van der Waals surface area contributed by atoms with E-state index in [9.17, 15) is 0 Å². The summed E-state index contributed by atoms with van der Waals surface area (Å²) < 4.78 is 14.6. The van der Waals surface area contributed by atoms with E-state index in [0.29, 0.717) is 0 Å². The Kier molecular flexibility index (Phi) is 0.229. The van der Waals surface area contributed by atoms with Crippen molar-refractivity contribution in [2.24, 2.45) is 11.8 Å². The van der Waals surface area contributed by atoms with Crippen LogP contribution >= 0.6 is 0 Å². The Morgan fingerprint density at radius 2 is 1.00 bits per heavy atom. The molecule has 17 heavy (non-hydrogen) atoms. The van der Waals surface area contributed by atoms with E-state index in [0.717, 1.165) is 18.1 Å². The molecule has 0 bridgehead atoms. The maximum absolute atomic E-state index is 3.44. The van der Waals surface area contributed by atoms with Gasteiger partial charge >= 0.3 is 86.1 Å². The van der Waals surface area contributed by atoms with Crippen molar-refractivity contribution in [1.29, 1.82) is 0 Å². The summed E-state index contributed by atoms with van der Waals surface area (Å²) in [5.74, 6) is 2.21. The van der Waals surface area contributed by atoms with E-state index in [1.165, 1.54) is 29.0 Å². The third kappa shape index (κ3) is 0.0650. The molecule has 0 aromatic heterocycles.